The first-order chi connectivity index (χ1) is 13.3. The smallest absolute Gasteiger partial charge is 0.178 e. The number of carbonyl (C=O) groups is 1. The van der Waals surface area contributed by atoms with Gasteiger partial charge in [-0.3, -0.25) is 4.79 Å². The Kier molecular flexibility index (Phi) is 2.66. The van der Waals surface area contributed by atoms with Gasteiger partial charge in [0.1, 0.15) is 11.5 Å². The zero-order valence-electron chi connectivity index (χ0n) is 14.5. The maximum atomic E-state index is 13.1. The summed E-state index contributed by atoms with van der Waals surface area (Å²) in [5.41, 5.74) is 2.46. The number of fused-ring (bicyclic) bond motifs is 7. The van der Waals surface area contributed by atoms with Gasteiger partial charge < -0.3 is 4.90 Å². The number of para-hydroxylation sites is 1. The molecular weight excluding hydrogens is 332 g/mol. The van der Waals surface area contributed by atoms with Crippen molar-refractivity contribution in [1.29, 1.82) is 5.26 Å². The summed E-state index contributed by atoms with van der Waals surface area (Å²) in [6.07, 6.45) is 3.63. The maximum Gasteiger partial charge on any atom is 0.178 e. The van der Waals surface area contributed by atoms with Gasteiger partial charge in [-0.05, 0) is 40.1 Å². The van der Waals surface area contributed by atoms with Crippen LogP contribution in [0.2, 0.25) is 0 Å². The fourth-order valence-electron chi connectivity index (χ4n) is 5.65. The molecule has 3 aromatic rings. The third-order valence-electron chi connectivity index (χ3n) is 6.56. The van der Waals surface area contributed by atoms with Gasteiger partial charge in [0.25, 0.3) is 0 Å². The first kappa shape index (κ1) is 14.8. The van der Waals surface area contributed by atoms with Crippen LogP contribution < -0.4 is 4.90 Å². The largest absolute Gasteiger partial charge is 0.352 e. The van der Waals surface area contributed by atoms with E-state index in [1.54, 1.807) is 6.08 Å². The lowest BCUT2D eigenvalue weighted by atomic mass is 9.71. The highest BCUT2D eigenvalue weighted by Crippen LogP contribution is 2.62. The van der Waals surface area contributed by atoms with Crippen molar-refractivity contribution in [2.75, 3.05) is 4.90 Å². The summed E-state index contributed by atoms with van der Waals surface area (Å²) in [5, 5.41) is 12.8. The molecule has 1 fully saturated rings. The van der Waals surface area contributed by atoms with Crippen LogP contribution in [0.3, 0.4) is 0 Å². The van der Waals surface area contributed by atoms with E-state index >= 15 is 0 Å². The number of nitrogens with zero attached hydrogens (tertiary/aromatic N) is 2. The predicted octanol–water partition coefficient (Wildman–Crippen LogP) is 4.09. The van der Waals surface area contributed by atoms with E-state index in [0.29, 0.717) is 0 Å². The molecule has 0 N–H and O–H groups in total. The zero-order chi connectivity index (χ0) is 18.2. The number of nitriles is 1. The standard InChI is InChI=1S/C24H16N2O/c25-14-24-18-11-5-7-15-6-4-10-17(21(15)18)22(24)23-19(27)12-13-20(24)26(23)16-8-2-1-3-9-16/h1-13,20,22-23H/t20-,22-,23+,24+/m1/s1. The van der Waals surface area contributed by atoms with Gasteiger partial charge in [-0.15, -0.1) is 0 Å². The van der Waals surface area contributed by atoms with E-state index in [-0.39, 0.29) is 23.8 Å². The van der Waals surface area contributed by atoms with E-state index in [9.17, 15) is 10.1 Å². The van der Waals surface area contributed by atoms with Crippen LogP contribution in [0.4, 0.5) is 5.69 Å². The SMILES string of the molecule is N#C[C@@]12c3cccc4cccc(c34)[C@@H]1[C@@H]1C(=O)C=C[C@H]2N1c1ccccc1. The highest BCUT2D eigenvalue weighted by Gasteiger charge is 2.66. The molecule has 2 heterocycles. The van der Waals surface area contributed by atoms with Crippen molar-refractivity contribution in [2.45, 2.75) is 23.4 Å². The molecule has 2 bridgehead atoms. The average molecular weight is 348 g/mol. The third kappa shape index (κ3) is 1.56. The quantitative estimate of drug-likeness (QED) is 0.665. The predicted molar refractivity (Wildman–Crippen MR) is 105 cm³/mol. The average Bonchev–Trinajstić information content (AvgIpc) is 3.13. The molecule has 0 spiro atoms. The van der Waals surface area contributed by atoms with Gasteiger partial charge in [0.05, 0.1) is 12.1 Å². The molecule has 3 aromatic carbocycles. The summed E-state index contributed by atoms with van der Waals surface area (Å²) in [6, 6.07) is 24.7. The number of hydrogen-bond acceptors (Lipinski definition) is 3. The van der Waals surface area contributed by atoms with Crippen molar-refractivity contribution in [2.24, 2.45) is 0 Å². The van der Waals surface area contributed by atoms with Crippen molar-refractivity contribution < 1.29 is 4.79 Å². The van der Waals surface area contributed by atoms with Gasteiger partial charge in [0.2, 0.25) is 0 Å². The van der Waals surface area contributed by atoms with Gasteiger partial charge in [-0.2, -0.15) is 5.26 Å². The van der Waals surface area contributed by atoms with E-state index in [1.165, 1.54) is 0 Å². The Hall–Kier alpha value is -3.38. The molecule has 3 aliphatic rings. The molecule has 0 unspecified atom stereocenters. The number of hydrogen-bond donors (Lipinski definition) is 0. The topological polar surface area (TPSA) is 44.1 Å². The molecule has 1 aliphatic carbocycles. The van der Waals surface area contributed by atoms with Crippen molar-refractivity contribution >= 4 is 22.2 Å². The van der Waals surface area contributed by atoms with E-state index in [4.69, 9.17) is 0 Å². The minimum absolute atomic E-state index is 0.0852. The second-order valence-corrected chi connectivity index (χ2v) is 7.60. The fourth-order valence-corrected chi connectivity index (χ4v) is 5.65. The van der Waals surface area contributed by atoms with Gasteiger partial charge in [0, 0.05) is 11.6 Å². The second-order valence-electron chi connectivity index (χ2n) is 7.60. The summed E-state index contributed by atoms with van der Waals surface area (Å²) in [6.45, 7) is 0. The molecule has 0 radical (unpaired) electrons. The number of rotatable bonds is 1. The molecule has 0 aromatic heterocycles. The molecule has 3 nitrogen and oxygen atoms in total. The summed E-state index contributed by atoms with van der Waals surface area (Å²) < 4.78 is 0. The third-order valence-corrected chi connectivity index (χ3v) is 6.56. The molecule has 2 aliphatic heterocycles. The summed E-state index contributed by atoms with van der Waals surface area (Å²) in [4.78, 5) is 15.2. The van der Waals surface area contributed by atoms with Crippen molar-refractivity contribution in [3.05, 3.63) is 90.0 Å². The van der Waals surface area contributed by atoms with E-state index in [0.717, 1.165) is 27.6 Å². The Morgan fingerprint density at radius 2 is 1.74 bits per heavy atom. The summed E-state index contributed by atoms with van der Waals surface area (Å²) in [7, 11) is 0. The Labute approximate surface area is 157 Å². The lowest BCUT2D eigenvalue weighted by Gasteiger charge is -2.36. The van der Waals surface area contributed by atoms with Gasteiger partial charge in [-0.1, -0.05) is 60.7 Å². The van der Waals surface area contributed by atoms with Gasteiger partial charge >= 0.3 is 0 Å². The van der Waals surface area contributed by atoms with Crippen LogP contribution in [-0.4, -0.2) is 17.9 Å². The molecular formula is C24H16N2O. The van der Waals surface area contributed by atoms with Crippen molar-refractivity contribution in [1.82, 2.24) is 0 Å². The molecule has 27 heavy (non-hydrogen) atoms. The Balaban J connectivity index is 1.71. The lowest BCUT2D eigenvalue weighted by Crippen LogP contribution is -2.46. The van der Waals surface area contributed by atoms with E-state index < -0.39 is 5.41 Å². The Bertz CT molecular complexity index is 1180. The molecule has 6 rings (SSSR count). The van der Waals surface area contributed by atoms with Crippen LogP contribution in [0.15, 0.2) is 78.9 Å². The molecule has 0 saturated carbocycles. The van der Waals surface area contributed by atoms with Crippen LogP contribution in [0.1, 0.15) is 17.0 Å². The Morgan fingerprint density at radius 1 is 0.963 bits per heavy atom. The number of anilines is 1. The first-order valence-electron chi connectivity index (χ1n) is 9.26. The van der Waals surface area contributed by atoms with Gasteiger partial charge in [0.15, 0.2) is 5.78 Å². The van der Waals surface area contributed by atoms with Crippen molar-refractivity contribution in [3.63, 3.8) is 0 Å². The monoisotopic (exact) mass is 348 g/mol. The number of ketones is 1. The zero-order valence-corrected chi connectivity index (χ0v) is 14.5. The normalized spacial score (nSPS) is 29.8. The number of benzene rings is 3. The number of carbonyl (C=O) groups excluding carboxylic acids is 1. The van der Waals surface area contributed by atoms with E-state index in [2.05, 4.69) is 35.2 Å². The van der Waals surface area contributed by atoms with Crippen LogP contribution in [-0.2, 0) is 10.2 Å². The molecule has 1 saturated heterocycles. The fraction of sp³-hybridized carbons (Fsp3) is 0.167. The highest BCUT2D eigenvalue weighted by molar-refractivity contribution is 6.05. The highest BCUT2D eigenvalue weighted by atomic mass is 16.1. The maximum absolute atomic E-state index is 13.1. The molecule has 128 valence electrons. The van der Waals surface area contributed by atoms with E-state index in [1.807, 2.05) is 48.5 Å². The van der Waals surface area contributed by atoms with Crippen LogP contribution in [0, 0.1) is 11.3 Å². The van der Waals surface area contributed by atoms with Crippen molar-refractivity contribution in [3.8, 4) is 6.07 Å². The minimum atomic E-state index is -0.744. The molecule has 3 heteroatoms. The summed E-state index contributed by atoms with van der Waals surface area (Å²) in [5.74, 6) is -0.0710. The Morgan fingerprint density at radius 3 is 2.52 bits per heavy atom. The second kappa shape index (κ2) is 4.86. The summed E-state index contributed by atoms with van der Waals surface area (Å²) >= 11 is 0. The van der Waals surface area contributed by atoms with Gasteiger partial charge in [-0.25, -0.2) is 0 Å². The molecule has 0 amide bonds. The van der Waals surface area contributed by atoms with Crippen LogP contribution in [0.25, 0.3) is 10.8 Å². The lowest BCUT2D eigenvalue weighted by molar-refractivity contribution is -0.116. The molecule has 4 atom stereocenters. The first-order valence-corrected chi connectivity index (χ1v) is 9.26. The minimum Gasteiger partial charge on any atom is -0.352 e. The van der Waals surface area contributed by atoms with Crippen LogP contribution in [0.5, 0.6) is 0 Å². The van der Waals surface area contributed by atoms with Crippen LogP contribution >= 0.6 is 0 Å².